The van der Waals surface area contributed by atoms with Crippen molar-refractivity contribution < 1.29 is 4.79 Å². The van der Waals surface area contributed by atoms with Crippen molar-refractivity contribution in [1.29, 1.82) is 0 Å². The maximum atomic E-state index is 11.0. The smallest absolute Gasteiger partial charge is 0.240 e. The molecule has 1 saturated heterocycles. The van der Waals surface area contributed by atoms with Crippen molar-refractivity contribution in [3.05, 3.63) is 12.4 Å². The van der Waals surface area contributed by atoms with Crippen LogP contribution in [-0.2, 0) is 4.79 Å². The molecule has 80 valence electrons. The van der Waals surface area contributed by atoms with E-state index in [1.807, 2.05) is 4.90 Å². The van der Waals surface area contributed by atoms with Gasteiger partial charge < -0.3 is 16.0 Å². The van der Waals surface area contributed by atoms with Crippen molar-refractivity contribution >= 4 is 17.5 Å². The molecule has 2 heterocycles. The Kier molecular flexibility index (Phi) is 2.40. The molecule has 0 radical (unpaired) electrons. The summed E-state index contributed by atoms with van der Waals surface area (Å²) in [6.45, 7) is 0.801. The Hall–Kier alpha value is -1.85. The molecule has 3 N–H and O–H groups in total. The first-order valence-corrected chi connectivity index (χ1v) is 4.78. The molecule has 1 fully saturated rings. The van der Waals surface area contributed by atoms with E-state index in [2.05, 4.69) is 15.3 Å². The van der Waals surface area contributed by atoms with Gasteiger partial charge in [0, 0.05) is 13.6 Å². The van der Waals surface area contributed by atoms with E-state index in [-0.39, 0.29) is 11.9 Å². The van der Waals surface area contributed by atoms with Gasteiger partial charge in [0.1, 0.15) is 17.7 Å². The van der Waals surface area contributed by atoms with E-state index in [4.69, 9.17) is 5.73 Å². The maximum Gasteiger partial charge on any atom is 0.240 e. The van der Waals surface area contributed by atoms with Crippen molar-refractivity contribution in [1.82, 2.24) is 9.97 Å². The Morgan fingerprint density at radius 2 is 2.47 bits per heavy atom. The number of hydrogen-bond acceptors (Lipinski definition) is 5. The third-order valence-corrected chi connectivity index (χ3v) is 2.52. The zero-order valence-corrected chi connectivity index (χ0v) is 8.47. The SMILES string of the molecule is CNc1cncc(N2CCC2C(N)=O)n1. The molecule has 6 heteroatoms. The Labute approximate surface area is 87.5 Å². The summed E-state index contributed by atoms with van der Waals surface area (Å²) < 4.78 is 0. The average molecular weight is 207 g/mol. The second-order valence-corrected chi connectivity index (χ2v) is 3.41. The van der Waals surface area contributed by atoms with Gasteiger partial charge in [0.25, 0.3) is 0 Å². The predicted molar refractivity (Wildman–Crippen MR) is 56.5 cm³/mol. The van der Waals surface area contributed by atoms with Gasteiger partial charge in [0.05, 0.1) is 12.4 Å². The van der Waals surface area contributed by atoms with E-state index >= 15 is 0 Å². The number of amides is 1. The first-order chi connectivity index (χ1) is 7.22. The van der Waals surface area contributed by atoms with Gasteiger partial charge in [-0.1, -0.05) is 0 Å². The van der Waals surface area contributed by atoms with E-state index in [9.17, 15) is 4.79 Å². The monoisotopic (exact) mass is 207 g/mol. The topological polar surface area (TPSA) is 84.1 Å². The lowest BCUT2D eigenvalue weighted by atomic mass is 10.0. The molecule has 2 rings (SSSR count). The second-order valence-electron chi connectivity index (χ2n) is 3.41. The van der Waals surface area contributed by atoms with E-state index in [1.54, 1.807) is 19.4 Å². The first kappa shape index (κ1) is 9.70. The van der Waals surface area contributed by atoms with Gasteiger partial charge in [-0.2, -0.15) is 0 Å². The highest BCUT2D eigenvalue weighted by atomic mass is 16.1. The summed E-state index contributed by atoms with van der Waals surface area (Å²) >= 11 is 0. The summed E-state index contributed by atoms with van der Waals surface area (Å²) in [6, 6.07) is -0.230. The minimum atomic E-state index is -0.307. The molecule has 1 unspecified atom stereocenters. The van der Waals surface area contributed by atoms with Crippen LogP contribution in [0.15, 0.2) is 12.4 Å². The Morgan fingerprint density at radius 1 is 1.67 bits per heavy atom. The van der Waals surface area contributed by atoms with Crippen molar-refractivity contribution in [2.75, 3.05) is 23.8 Å². The molecule has 1 aliphatic heterocycles. The predicted octanol–water partition coefficient (Wildman–Crippen LogP) is -0.418. The molecule has 0 saturated carbocycles. The van der Waals surface area contributed by atoms with Gasteiger partial charge in [-0.15, -0.1) is 0 Å². The molecule has 1 amide bonds. The molecule has 0 bridgehead atoms. The Bertz CT molecular complexity index is 381. The Morgan fingerprint density at radius 3 is 3.00 bits per heavy atom. The number of carbonyl (C=O) groups excluding carboxylic acids is 1. The molecular weight excluding hydrogens is 194 g/mol. The van der Waals surface area contributed by atoms with Crippen LogP contribution in [0.1, 0.15) is 6.42 Å². The summed E-state index contributed by atoms with van der Waals surface area (Å²) in [6.07, 6.45) is 4.05. The van der Waals surface area contributed by atoms with Crippen molar-refractivity contribution in [3.8, 4) is 0 Å². The number of carbonyl (C=O) groups is 1. The minimum absolute atomic E-state index is 0.230. The summed E-state index contributed by atoms with van der Waals surface area (Å²) in [5.74, 6) is 1.07. The number of nitrogens with two attached hydrogens (primary N) is 1. The van der Waals surface area contributed by atoms with Crippen molar-refractivity contribution in [3.63, 3.8) is 0 Å². The van der Waals surface area contributed by atoms with E-state index in [1.165, 1.54) is 0 Å². The number of aromatic nitrogens is 2. The zero-order valence-electron chi connectivity index (χ0n) is 8.47. The normalized spacial score (nSPS) is 19.5. The lowest BCUT2D eigenvalue weighted by Gasteiger charge is -2.39. The van der Waals surface area contributed by atoms with Crippen LogP contribution in [0.25, 0.3) is 0 Å². The van der Waals surface area contributed by atoms with Crippen LogP contribution in [0.5, 0.6) is 0 Å². The molecule has 6 nitrogen and oxygen atoms in total. The molecule has 0 spiro atoms. The van der Waals surface area contributed by atoms with Gasteiger partial charge in [-0.05, 0) is 6.42 Å². The third kappa shape index (κ3) is 1.70. The lowest BCUT2D eigenvalue weighted by molar-refractivity contribution is -0.120. The number of hydrogen-bond donors (Lipinski definition) is 2. The second kappa shape index (κ2) is 3.72. The van der Waals surface area contributed by atoms with Gasteiger partial charge in [0.15, 0.2) is 0 Å². The van der Waals surface area contributed by atoms with E-state index in [0.717, 1.165) is 13.0 Å². The van der Waals surface area contributed by atoms with E-state index in [0.29, 0.717) is 11.6 Å². The summed E-state index contributed by atoms with van der Waals surface area (Å²) in [5.41, 5.74) is 5.25. The van der Waals surface area contributed by atoms with E-state index < -0.39 is 0 Å². The maximum absolute atomic E-state index is 11.0. The third-order valence-electron chi connectivity index (χ3n) is 2.52. The molecule has 1 atom stereocenters. The number of primary amides is 1. The molecule has 1 aromatic rings. The molecule has 15 heavy (non-hydrogen) atoms. The average Bonchev–Trinajstić information content (AvgIpc) is 2.15. The fourth-order valence-corrected chi connectivity index (χ4v) is 1.57. The van der Waals surface area contributed by atoms with Gasteiger partial charge in [-0.3, -0.25) is 9.78 Å². The summed E-state index contributed by atoms with van der Waals surface area (Å²) in [5, 5.41) is 2.90. The summed E-state index contributed by atoms with van der Waals surface area (Å²) in [7, 11) is 1.77. The molecule has 0 aliphatic carbocycles. The first-order valence-electron chi connectivity index (χ1n) is 4.78. The summed E-state index contributed by atoms with van der Waals surface area (Å²) in [4.78, 5) is 21.2. The number of anilines is 2. The zero-order chi connectivity index (χ0) is 10.8. The fourth-order valence-electron chi connectivity index (χ4n) is 1.57. The van der Waals surface area contributed by atoms with Gasteiger partial charge >= 0.3 is 0 Å². The fraction of sp³-hybridized carbons (Fsp3) is 0.444. The molecule has 1 aromatic heterocycles. The number of rotatable bonds is 3. The van der Waals surface area contributed by atoms with Crippen LogP contribution in [-0.4, -0.2) is 35.5 Å². The highest BCUT2D eigenvalue weighted by molar-refractivity contribution is 5.85. The lowest BCUT2D eigenvalue weighted by Crippen LogP contribution is -2.55. The highest BCUT2D eigenvalue weighted by Gasteiger charge is 2.33. The highest BCUT2D eigenvalue weighted by Crippen LogP contribution is 2.24. The van der Waals surface area contributed by atoms with Crippen LogP contribution in [0.3, 0.4) is 0 Å². The van der Waals surface area contributed by atoms with Crippen molar-refractivity contribution in [2.45, 2.75) is 12.5 Å². The van der Waals surface area contributed by atoms with Crippen LogP contribution >= 0.6 is 0 Å². The molecule has 1 aliphatic rings. The minimum Gasteiger partial charge on any atom is -0.372 e. The number of nitrogens with zero attached hydrogens (tertiary/aromatic N) is 3. The standard InChI is InChI=1S/C9H13N5O/c1-11-7-4-12-5-8(13-7)14-3-2-6(14)9(10)15/h4-6H,2-3H2,1H3,(H2,10,15)(H,11,13). The van der Waals surface area contributed by atoms with Gasteiger partial charge in [-0.25, -0.2) is 4.98 Å². The molecular formula is C9H13N5O. The van der Waals surface area contributed by atoms with Crippen LogP contribution in [0.4, 0.5) is 11.6 Å². The quantitative estimate of drug-likeness (QED) is 0.703. The van der Waals surface area contributed by atoms with Gasteiger partial charge in [0.2, 0.25) is 5.91 Å². The van der Waals surface area contributed by atoms with Crippen LogP contribution in [0, 0.1) is 0 Å². The Balaban J connectivity index is 2.19. The number of nitrogens with one attached hydrogen (secondary N) is 1. The largest absolute Gasteiger partial charge is 0.372 e. The molecule has 0 aromatic carbocycles. The van der Waals surface area contributed by atoms with Crippen LogP contribution < -0.4 is 16.0 Å². The van der Waals surface area contributed by atoms with Crippen molar-refractivity contribution in [2.24, 2.45) is 5.73 Å². The van der Waals surface area contributed by atoms with Crippen LogP contribution in [0.2, 0.25) is 0 Å².